The maximum absolute atomic E-state index is 14.6. The van der Waals surface area contributed by atoms with Gasteiger partial charge >= 0.3 is 0 Å². The molecule has 0 aliphatic heterocycles. The molecule has 0 radical (unpaired) electrons. The molecule has 0 saturated carbocycles. The van der Waals surface area contributed by atoms with Crippen LogP contribution in [0.25, 0.3) is 0 Å². The molecule has 3 aromatic rings. The number of benzene rings is 3. The highest BCUT2D eigenvalue weighted by molar-refractivity contribution is 7.92. The summed E-state index contributed by atoms with van der Waals surface area (Å²) in [4.78, 5) is 28.0. The Morgan fingerprint density at radius 1 is 1.00 bits per heavy atom. The average molecular weight is 609 g/mol. The normalized spacial score (nSPS) is 12.1. The quantitative estimate of drug-likeness (QED) is 0.257. The highest BCUT2D eigenvalue weighted by Gasteiger charge is 2.33. The van der Waals surface area contributed by atoms with E-state index in [1.165, 1.54) is 60.4 Å². The summed E-state index contributed by atoms with van der Waals surface area (Å²) in [5, 5.41) is 3.13. The second-order valence-electron chi connectivity index (χ2n) is 9.39. The van der Waals surface area contributed by atoms with Crippen LogP contribution in [0.5, 0.6) is 0 Å². The Morgan fingerprint density at radius 3 is 2.23 bits per heavy atom. The number of carbonyl (C=O) groups excluding carboxylic acids is 2. The number of nitrogens with one attached hydrogen (secondary N) is 1. The molecule has 0 aliphatic rings. The molecule has 1 unspecified atom stereocenters. The number of hydrogen-bond donors (Lipinski definition) is 1. The predicted octanol–water partition coefficient (Wildman–Crippen LogP) is 5.97. The van der Waals surface area contributed by atoms with E-state index >= 15 is 0 Å². The molecule has 0 bridgehead atoms. The summed E-state index contributed by atoms with van der Waals surface area (Å²) in [6, 6.07) is 15.3. The summed E-state index contributed by atoms with van der Waals surface area (Å²) in [5.41, 5.74) is 1.10. The molecule has 40 heavy (non-hydrogen) atoms. The zero-order valence-corrected chi connectivity index (χ0v) is 24.9. The first-order chi connectivity index (χ1) is 18.9. The third-order valence-electron chi connectivity index (χ3n) is 6.32. The fourth-order valence-electron chi connectivity index (χ4n) is 3.98. The van der Waals surface area contributed by atoms with Gasteiger partial charge < -0.3 is 10.2 Å². The lowest BCUT2D eigenvalue weighted by Gasteiger charge is -2.32. The van der Waals surface area contributed by atoms with Gasteiger partial charge in [0.2, 0.25) is 11.8 Å². The van der Waals surface area contributed by atoms with Crippen molar-refractivity contribution in [1.82, 2.24) is 10.2 Å². The van der Waals surface area contributed by atoms with Gasteiger partial charge in [-0.2, -0.15) is 0 Å². The standard InChI is InChI=1S/C29H32Cl2FN3O4S/c1-4-5-14-33-29(37)21(3)34(18-22-8-6-7-9-27(22)32)28(36)19-35(25-16-23(30)15-24(31)17-25)40(38,39)26-12-10-20(2)11-13-26/h6-13,15-17,21H,4-5,14,18-19H2,1-3H3,(H,33,37). The summed E-state index contributed by atoms with van der Waals surface area (Å²) in [6.07, 6.45) is 1.61. The number of rotatable bonds is 12. The van der Waals surface area contributed by atoms with Crippen molar-refractivity contribution < 1.29 is 22.4 Å². The van der Waals surface area contributed by atoms with Gasteiger partial charge in [-0.05, 0) is 56.7 Å². The lowest BCUT2D eigenvalue weighted by molar-refractivity contribution is -0.139. The predicted molar refractivity (Wildman–Crippen MR) is 157 cm³/mol. The van der Waals surface area contributed by atoms with Gasteiger partial charge in [0, 0.05) is 28.7 Å². The van der Waals surface area contributed by atoms with Gasteiger partial charge in [0.25, 0.3) is 10.0 Å². The number of aryl methyl sites for hydroxylation is 1. The molecule has 3 aromatic carbocycles. The first-order valence-corrected chi connectivity index (χ1v) is 15.0. The van der Waals surface area contributed by atoms with E-state index in [1.807, 2.05) is 13.8 Å². The second kappa shape index (κ2) is 14.0. The molecular weight excluding hydrogens is 576 g/mol. The van der Waals surface area contributed by atoms with Crippen LogP contribution in [0, 0.1) is 12.7 Å². The average Bonchev–Trinajstić information content (AvgIpc) is 2.90. The van der Waals surface area contributed by atoms with Crippen LogP contribution in [0.1, 0.15) is 37.8 Å². The molecule has 3 rings (SSSR count). The maximum Gasteiger partial charge on any atom is 0.264 e. The van der Waals surface area contributed by atoms with Crippen LogP contribution < -0.4 is 9.62 Å². The number of amides is 2. The van der Waals surface area contributed by atoms with Crippen molar-refractivity contribution in [3.8, 4) is 0 Å². The number of sulfonamides is 1. The van der Waals surface area contributed by atoms with Crippen LogP contribution in [0.4, 0.5) is 10.1 Å². The highest BCUT2D eigenvalue weighted by atomic mass is 35.5. The molecule has 0 aliphatic carbocycles. The van der Waals surface area contributed by atoms with E-state index in [0.29, 0.717) is 6.54 Å². The van der Waals surface area contributed by atoms with Crippen molar-refractivity contribution in [1.29, 1.82) is 0 Å². The number of unbranched alkanes of at least 4 members (excludes halogenated alkanes) is 1. The molecule has 0 heterocycles. The molecule has 0 aromatic heterocycles. The Bertz CT molecular complexity index is 1430. The lowest BCUT2D eigenvalue weighted by atomic mass is 10.1. The van der Waals surface area contributed by atoms with Gasteiger partial charge in [-0.25, -0.2) is 12.8 Å². The minimum atomic E-state index is -4.28. The fourth-order valence-corrected chi connectivity index (χ4v) is 5.89. The number of nitrogens with zero attached hydrogens (tertiary/aromatic N) is 2. The number of anilines is 1. The largest absolute Gasteiger partial charge is 0.354 e. The highest BCUT2D eigenvalue weighted by Crippen LogP contribution is 2.30. The monoisotopic (exact) mass is 607 g/mol. The van der Waals surface area contributed by atoms with Gasteiger partial charge in [0.15, 0.2) is 0 Å². The third-order valence-corrected chi connectivity index (χ3v) is 8.54. The maximum atomic E-state index is 14.6. The van der Waals surface area contributed by atoms with Crippen molar-refractivity contribution >= 4 is 50.7 Å². The zero-order valence-electron chi connectivity index (χ0n) is 22.5. The molecule has 214 valence electrons. The van der Waals surface area contributed by atoms with Crippen LogP contribution in [0.3, 0.4) is 0 Å². The number of halogens is 3. The van der Waals surface area contributed by atoms with Gasteiger partial charge in [-0.3, -0.25) is 13.9 Å². The second-order valence-corrected chi connectivity index (χ2v) is 12.1. The molecular formula is C29H32Cl2FN3O4S. The Kier molecular flexibility index (Phi) is 11.0. The van der Waals surface area contributed by atoms with E-state index < -0.39 is 40.2 Å². The summed E-state index contributed by atoms with van der Waals surface area (Å²) >= 11 is 12.4. The first kappa shape index (κ1) is 31.4. The molecule has 7 nitrogen and oxygen atoms in total. The SMILES string of the molecule is CCCCNC(=O)C(C)N(Cc1ccccc1F)C(=O)CN(c1cc(Cl)cc(Cl)c1)S(=O)(=O)c1ccc(C)cc1. The first-order valence-electron chi connectivity index (χ1n) is 12.8. The van der Waals surface area contributed by atoms with Gasteiger partial charge in [-0.15, -0.1) is 0 Å². The molecule has 2 amide bonds. The Labute approximate surface area is 244 Å². The van der Waals surface area contributed by atoms with Gasteiger partial charge in [-0.1, -0.05) is 72.4 Å². The van der Waals surface area contributed by atoms with E-state index in [0.717, 1.165) is 22.7 Å². The van der Waals surface area contributed by atoms with Crippen LogP contribution in [0.15, 0.2) is 71.6 Å². The topological polar surface area (TPSA) is 86.8 Å². The third kappa shape index (κ3) is 7.96. The van der Waals surface area contributed by atoms with E-state index in [9.17, 15) is 22.4 Å². The summed E-state index contributed by atoms with van der Waals surface area (Å²) in [6.45, 7) is 4.80. The molecule has 0 fully saturated rings. The van der Waals surface area contributed by atoms with Crippen LogP contribution >= 0.6 is 23.2 Å². The zero-order chi connectivity index (χ0) is 29.4. The van der Waals surface area contributed by atoms with E-state index in [4.69, 9.17) is 23.2 Å². The lowest BCUT2D eigenvalue weighted by Crippen LogP contribution is -2.51. The number of carbonyl (C=O) groups is 2. The Morgan fingerprint density at radius 2 is 1.62 bits per heavy atom. The molecule has 1 atom stereocenters. The summed E-state index contributed by atoms with van der Waals surface area (Å²) in [5.74, 6) is -1.70. The fraction of sp³-hybridized carbons (Fsp3) is 0.310. The minimum Gasteiger partial charge on any atom is -0.354 e. The molecule has 11 heteroatoms. The minimum absolute atomic E-state index is 0.0481. The van der Waals surface area contributed by atoms with Crippen LogP contribution in [0.2, 0.25) is 10.0 Å². The van der Waals surface area contributed by atoms with Crippen molar-refractivity contribution in [2.75, 3.05) is 17.4 Å². The van der Waals surface area contributed by atoms with Crippen molar-refractivity contribution in [2.45, 2.75) is 51.1 Å². The van der Waals surface area contributed by atoms with Crippen molar-refractivity contribution in [3.05, 3.63) is 93.7 Å². The Balaban J connectivity index is 2.04. The van der Waals surface area contributed by atoms with Gasteiger partial charge in [0.05, 0.1) is 10.6 Å². The van der Waals surface area contributed by atoms with Crippen LogP contribution in [-0.2, 0) is 26.2 Å². The summed E-state index contributed by atoms with van der Waals surface area (Å²) < 4.78 is 43.2. The van der Waals surface area contributed by atoms with Crippen molar-refractivity contribution in [2.24, 2.45) is 0 Å². The Hall–Kier alpha value is -3.14. The molecule has 1 N–H and O–H groups in total. The van der Waals surface area contributed by atoms with Crippen molar-refractivity contribution in [3.63, 3.8) is 0 Å². The van der Waals surface area contributed by atoms with E-state index in [2.05, 4.69) is 5.32 Å². The molecule has 0 saturated heterocycles. The number of hydrogen-bond acceptors (Lipinski definition) is 4. The van der Waals surface area contributed by atoms with Crippen LogP contribution in [-0.4, -0.2) is 44.3 Å². The van der Waals surface area contributed by atoms with Gasteiger partial charge in [0.1, 0.15) is 18.4 Å². The van der Waals surface area contributed by atoms with E-state index in [-0.39, 0.29) is 32.7 Å². The smallest absolute Gasteiger partial charge is 0.264 e. The van der Waals surface area contributed by atoms with E-state index in [1.54, 1.807) is 18.2 Å². The summed E-state index contributed by atoms with van der Waals surface area (Å²) in [7, 11) is -4.28. The molecule has 0 spiro atoms.